The summed E-state index contributed by atoms with van der Waals surface area (Å²) in [5.41, 5.74) is 4.74. The van der Waals surface area contributed by atoms with Crippen LogP contribution in [-0.2, 0) is 9.05 Å². The van der Waals surface area contributed by atoms with Crippen LogP contribution < -0.4 is 10.5 Å². The van der Waals surface area contributed by atoms with Crippen LogP contribution in [0.3, 0.4) is 0 Å². The third-order valence-electron chi connectivity index (χ3n) is 1.39. The lowest BCUT2D eigenvalue weighted by atomic mass is 10.4. The molecule has 17 heavy (non-hydrogen) atoms. The highest BCUT2D eigenvalue weighted by atomic mass is 35.7. The average molecular weight is 311 g/mol. The van der Waals surface area contributed by atoms with Crippen LogP contribution in [0.15, 0.2) is 11.1 Å². The number of pyridine rings is 1. The third-order valence-corrected chi connectivity index (χ3v) is 2.96. The van der Waals surface area contributed by atoms with E-state index in [0.717, 1.165) is 0 Å². The van der Waals surface area contributed by atoms with Crippen molar-refractivity contribution in [3.8, 4) is 5.88 Å². The van der Waals surface area contributed by atoms with Gasteiger partial charge in [0, 0.05) is 16.7 Å². The van der Waals surface area contributed by atoms with Gasteiger partial charge >= 0.3 is 6.36 Å². The van der Waals surface area contributed by atoms with E-state index in [0.29, 0.717) is 6.07 Å². The van der Waals surface area contributed by atoms with Crippen molar-refractivity contribution in [2.45, 2.75) is 11.4 Å². The summed E-state index contributed by atoms with van der Waals surface area (Å²) in [5.74, 6) is -1.18. The molecule has 0 fully saturated rings. The molecule has 0 amide bonds. The zero-order valence-electron chi connectivity index (χ0n) is 7.62. The van der Waals surface area contributed by atoms with E-state index in [9.17, 15) is 21.6 Å². The number of hydrogen-bond donors (Lipinski definition) is 1. The summed E-state index contributed by atoms with van der Waals surface area (Å²) in [4.78, 5) is 3.02. The predicted octanol–water partition coefficient (Wildman–Crippen LogP) is 2.14. The maximum absolute atomic E-state index is 11.9. The van der Waals surface area contributed by atoms with Crippen molar-refractivity contribution in [2.75, 3.05) is 5.73 Å². The maximum Gasteiger partial charge on any atom is 0.574 e. The van der Waals surface area contributed by atoms with E-state index in [1.165, 1.54) is 0 Å². The van der Waals surface area contributed by atoms with Gasteiger partial charge in [-0.15, -0.1) is 13.2 Å². The fourth-order valence-corrected chi connectivity index (χ4v) is 1.64. The van der Waals surface area contributed by atoms with Gasteiger partial charge in [0.25, 0.3) is 9.05 Å². The Bertz CT molecular complexity index is 546. The molecular weight excluding hydrogens is 308 g/mol. The first-order valence-electron chi connectivity index (χ1n) is 3.67. The summed E-state index contributed by atoms with van der Waals surface area (Å²) in [5, 5.41) is -1.55. The van der Waals surface area contributed by atoms with E-state index in [1.807, 2.05) is 0 Å². The van der Waals surface area contributed by atoms with E-state index in [-0.39, 0.29) is 0 Å². The highest BCUT2D eigenvalue weighted by Gasteiger charge is 2.34. The molecule has 1 aromatic heterocycles. The van der Waals surface area contributed by atoms with Crippen molar-refractivity contribution in [1.29, 1.82) is 0 Å². The summed E-state index contributed by atoms with van der Waals surface area (Å²) in [6.45, 7) is 0. The minimum absolute atomic E-state index is 0.458. The second kappa shape index (κ2) is 4.39. The van der Waals surface area contributed by atoms with Crippen molar-refractivity contribution < 1.29 is 26.3 Å². The highest BCUT2D eigenvalue weighted by Crippen LogP contribution is 2.34. The van der Waals surface area contributed by atoms with Gasteiger partial charge in [-0.25, -0.2) is 8.42 Å². The van der Waals surface area contributed by atoms with E-state index in [4.69, 9.17) is 28.0 Å². The maximum atomic E-state index is 11.9. The smallest absolute Gasteiger partial charge is 0.397 e. The molecule has 96 valence electrons. The molecule has 11 heteroatoms. The fraction of sp³-hybridized carbons (Fsp3) is 0.167. The van der Waals surface area contributed by atoms with Crippen LogP contribution in [0.2, 0.25) is 5.02 Å². The first-order chi connectivity index (χ1) is 7.50. The van der Waals surface area contributed by atoms with Gasteiger partial charge < -0.3 is 10.5 Å². The Morgan fingerprint density at radius 3 is 2.35 bits per heavy atom. The SMILES string of the molecule is Nc1cc(S(=O)(=O)Cl)nc(OC(F)(F)F)c1Cl. The number of rotatable bonds is 2. The second-order valence-electron chi connectivity index (χ2n) is 2.65. The summed E-state index contributed by atoms with van der Waals surface area (Å²) in [6.07, 6.45) is -5.09. The monoisotopic (exact) mass is 310 g/mol. The largest absolute Gasteiger partial charge is 0.574 e. The lowest BCUT2D eigenvalue weighted by Gasteiger charge is -2.11. The van der Waals surface area contributed by atoms with E-state index < -0.39 is 37.0 Å². The Morgan fingerprint density at radius 2 is 1.94 bits per heavy atom. The second-order valence-corrected chi connectivity index (χ2v) is 5.55. The van der Waals surface area contributed by atoms with Crippen LogP contribution in [-0.4, -0.2) is 19.8 Å². The van der Waals surface area contributed by atoms with Crippen molar-refractivity contribution in [1.82, 2.24) is 4.98 Å². The zero-order valence-corrected chi connectivity index (χ0v) is 9.95. The number of halogens is 5. The van der Waals surface area contributed by atoms with E-state index in [1.54, 1.807) is 0 Å². The molecule has 0 spiro atoms. The van der Waals surface area contributed by atoms with Gasteiger partial charge in [0.15, 0.2) is 5.03 Å². The topological polar surface area (TPSA) is 82.3 Å². The molecule has 2 N–H and O–H groups in total. The molecule has 5 nitrogen and oxygen atoms in total. The molecule has 0 saturated heterocycles. The van der Waals surface area contributed by atoms with Crippen molar-refractivity contribution >= 4 is 37.0 Å². The van der Waals surface area contributed by atoms with E-state index in [2.05, 4.69) is 9.72 Å². The quantitative estimate of drug-likeness (QED) is 0.846. The van der Waals surface area contributed by atoms with Crippen LogP contribution in [0.4, 0.5) is 18.9 Å². The number of hydrogen-bond acceptors (Lipinski definition) is 5. The highest BCUT2D eigenvalue weighted by molar-refractivity contribution is 8.13. The van der Waals surface area contributed by atoms with Gasteiger partial charge in [-0.2, -0.15) is 4.98 Å². The van der Waals surface area contributed by atoms with Crippen LogP contribution in [0.25, 0.3) is 0 Å². The Morgan fingerprint density at radius 1 is 1.41 bits per heavy atom. The number of anilines is 1. The molecule has 1 aromatic rings. The first kappa shape index (κ1) is 14.1. The molecule has 1 rings (SSSR count). The standard InChI is InChI=1S/C6H3Cl2F3N2O3S/c7-4-2(12)1-3(17(8,14)15)13-5(4)16-6(9,10)11/h1H,(H2,12,13). The first-order valence-corrected chi connectivity index (χ1v) is 6.36. The van der Waals surface area contributed by atoms with Gasteiger partial charge in [0.05, 0.1) is 5.69 Å². The summed E-state index contributed by atoms with van der Waals surface area (Å²) in [6, 6.07) is 0.716. The number of nitrogens with two attached hydrogens (primary N) is 1. The predicted molar refractivity (Wildman–Crippen MR) is 53.4 cm³/mol. The minimum atomic E-state index is -5.09. The van der Waals surface area contributed by atoms with Crippen molar-refractivity contribution in [3.63, 3.8) is 0 Å². The number of alkyl halides is 3. The Balaban J connectivity index is 3.36. The molecule has 0 radical (unpaired) electrons. The number of nitrogen functional groups attached to an aromatic ring is 1. The van der Waals surface area contributed by atoms with Gasteiger partial charge in [-0.3, -0.25) is 0 Å². The van der Waals surface area contributed by atoms with E-state index >= 15 is 0 Å². The molecule has 0 saturated carbocycles. The third kappa shape index (κ3) is 3.79. The fourth-order valence-electron chi connectivity index (χ4n) is 0.803. The summed E-state index contributed by atoms with van der Waals surface area (Å²) in [7, 11) is 0.555. The average Bonchev–Trinajstić information content (AvgIpc) is 2.08. The van der Waals surface area contributed by atoms with Crippen molar-refractivity contribution in [3.05, 3.63) is 11.1 Å². The normalized spacial score (nSPS) is 12.5. The Hall–Kier alpha value is -0.930. The minimum Gasteiger partial charge on any atom is -0.397 e. The Labute approximate surface area is 103 Å². The summed E-state index contributed by atoms with van der Waals surface area (Å²) >= 11 is 5.37. The molecule has 0 unspecified atom stereocenters. The van der Waals surface area contributed by atoms with Gasteiger partial charge in [0.2, 0.25) is 5.88 Å². The molecule has 0 aromatic carbocycles. The molecular formula is C6H3Cl2F3N2O3S. The number of ether oxygens (including phenoxy) is 1. The van der Waals surface area contributed by atoms with Crippen LogP contribution >= 0.6 is 22.3 Å². The zero-order chi connectivity index (χ0) is 13.4. The molecule has 0 aliphatic rings. The summed E-state index contributed by atoms with van der Waals surface area (Å²) < 4.78 is 61.0. The number of aromatic nitrogens is 1. The van der Waals surface area contributed by atoms with Crippen LogP contribution in [0.5, 0.6) is 5.88 Å². The lowest BCUT2D eigenvalue weighted by Crippen LogP contribution is -2.19. The lowest BCUT2D eigenvalue weighted by molar-refractivity contribution is -0.276. The van der Waals surface area contributed by atoms with Crippen LogP contribution in [0.1, 0.15) is 0 Å². The van der Waals surface area contributed by atoms with Crippen molar-refractivity contribution in [2.24, 2.45) is 0 Å². The van der Waals surface area contributed by atoms with Gasteiger partial charge in [0.1, 0.15) is 5.02 Å². The molecule has 0 aliphatic heterocycles. The molecule has 0 atom stereocenters. The number of nitrogens with zero attached hydrogens (tertiary/aromatic N) is 1. The molecule has 0 aliphatic carbocycles. The van der Waals surface area contributed by atoms with Gasteiger partial charge in [-0.1, -0.05) is 11.6 Å². The Kier molecular flexibility index (Phi) is 3.65. The molecule has 1 heterocycles. The van der Waals surface area contributed by atoms with Gasteiger partial charge in [-0.05, 0) is 0 Å². The van der Waals surface area contributed by atoms with Crippen LogP contribution in [0, 0.1) is 0 Å². The molecule has 0 bridgehead atoms.